The van der Waals surface area contributed by atoms with Crippen LogP contribution >= 0.6 is 0 Å². The molecule has 0 saturated carbocycles. The van der Waals surface area contributed by atoms with Gasteiger partial charge in [0.1, 0.15) is 6.04 Å². The number of pyridine rings is 1. The van der Waals surface area contributed by atoms with Crippen LogP contribution in [-0.4, -0.2) is 31.6 Å². The van der Waals surface area contributed by atoms with Gasteiger partial charge in [0.25, 0.3) is 0 Å². The standard InChI is InChI=1S/C15H18N6O2/c1-2-3-4-12-18-15-19-13(22)9-11(21(15)20-12)14(23)17-10-5-7-16-8-6-10/h5-8,11H,2-4,9H2,1H3,(H,16,17,23)(H,18,19,20,22)/t11-/m0/s1. The minimum Gasteiger partial charge on any atom is -0.324 e. The van der Waals surface area contributed by atoms with Crippen LogP contribution in [0.1, 0.15) is 38.1 Å². The third kappa shape index (κ3) is 3.36. The van der Waals surface area contributed by atoms with Crippen LogP contribution < -0.4 is 10.6 Å². The predicted octanol–water partition coefficient (Wildman–Crippen LogP) is 1.54. The first kappa shape index (κ1) is 15.1. The van der Waals surface area contributed by atoms with Crippen LogP contribution in [0.3, 0.4) is 0 Å². The Kier molecular flexibility index (Phi) is 4.31. The molecule has 2 aromatic rings. The average Bonchev–Trinajstić information content (AvgIpc) is 2.95. The number of carbonyl (C=O) groups excluding carboxylic acids is 2. The number of nitrogens with zero attached hydrogens (tertiary/aromatic N) is 4. The number of anilines is 2. The lowest BCUT2D eigenvalue weighted by molar-refractivity contribution is -0.125. The van der Waals surface area contributed by atoms with E-state index in [1.54, 1.807) is 24.5 Å². The molecule has 3 rings (SSSR count). The lowest BCUT2D eigenvalue weighted by Gasteiger charge is -2.22. The van der Waals surface area contributed by atoms with E-state index in [0.29, 0.717) is 17.5 Å². The van der Waals surface area contributed by atoms with Gasteiger partial charge in [0.15, 0.2) is 5.82 Å². The largest absolute Gasteiger partial charge is 0.324 e. The van der Waals surface area contributed by atoms with Crippen LogP contribution in [0.25, 0.3) is 0 Å². The SMILES string of the molecule is CCCCc1nc2n(n1)[C@H](C(=O)Nc1ccncc1)CC(=O)N2. The highest BCUT2D eigenvalue weighted by molar-refractivity contribution is 6.00. The Hall–Kier alpha value is -2.77. The van der Waals surface area contributed by atoms with E-state index in [-0.39, 0.29) is 18.2 Å². The number of rotatable bonds is 5. The second-order valence-electron chi connectivity index (χ2n) is 5.39. The van der Waals surface area contributed by atoms with Crippen LogP contribution in [0.5, 0.6) is 0 Å². The lowest BCUT2D eigenvalue weighted by Crippen LogP contribution is -2.36. The first-order chi connectivity index (χ1) is 11.2. The van der Waals surface area contributed by atoms with Gasteiger partial charge in [0, 0.05) is 24.5 Å². The molecule has 1 aliphatic heterocycles. The Morgan fingerprint density at radius 2 is 2.22 bits per heavy atom. The van der Waals surface area contributed by atoms with Crippen LogP contribution in [-0.2, 0) is 16.0 Å². The predicted molar refractivity (Wildman–Crippen MR) is 83.8 cm³/mol. The smallest absolute Gasteiger partial charge is 0.249 e. The number of aryl methyl sites for hydroxylation is 1. The fourth-order valence-corrected chi connectivity index (χ4v) is 2.41. The van der Waals surface area contributed by atoms with Crippen LogP contribution in [0.15, 0.2) is 24.5 Å². The highest BCUT2D eigenvalue weighted by atomic mass is 16.2. The van der Waals surface area contributed by atoms with Crippen molar-refractivity contribution in [1.29, 1.82) is 0 Å². The summed E-state index contributed by atoms with van der Waals surface area (Å²) < 4.78 is 1.50. The maximum absolute atomic E-state index is 12.5. The van der Waals surface area contributed by atoms with E-state index in [4.69, 9.17) is 0 Å². The zero-order valence-corrected chi connectivity index (χ0v) is 12.8. The van der Waals surface area contributed by atoms with Crippen molar-refractivity contribution in [2.75, 3.05) is 10.6 Å². The molecule has 0 unspecified atom stereocenters. The highest BCUT2D eigenvalue weighted by Gasteiger charge is 2.32. The molecule has 2 aromatic heterocycles. The third-order valence-corrected chi connectivity index (χ3v) is 3.60. The number of unbranched alkanes of at least 4 members (excludes halogenated alkanes) is 1. The van der Waals surface area contributed by atoms with Gasteiger partial charge >= 0.3 is 0 Å². The topological polar surface area (TPSA) is 102 Å². The molecule has 8 nitrogen and oxygen atoms in total. The lowest BCUT2D eigenvalue weighted by atomic mass is 10.1. The first-order valence-corrected chi connectivity index (χ1v) is 7.63. The summed E-state index contributed by atoms with van der Waals surface area (Å²) >= 11 is 0. The van der Waals surface area contributed by atoms with Crippen LogP contribution in [0.4, 0.5) is 11.6 Å². The molecule has 1 atom stereocenters. The number of hydrogen-bond acceptors (Lipinski definition) is 5. The summed E-state index contributed by atoms with van der Waals surface area (Å²) in [6, 6.07) is 2.68. The second-order valence-corrected chi connectivity index (χ2v) is 5.39. The monoisotopic (exact) mass is 314 g/mol. The summed E-state index contributed by atoms with van der Waals surface area (Å²) in [6.45, 7) is 2.09. The first-order valence-electron chi connectivity index (χ1n) is 7.63. The van der Waals surface area contributed by atoms with Crippen molar-refractivity contribution in [3.63, 3.8) is 0 Å². The molecular weight excluding hydrogens is 296 g/mol. The molecule has 2 N–H and O–H groups in total. The Morgan fingerprint density at radius 1 is 1.43 bits per heavy atom. The van der Waals surface area contributed by atoms with Gasteiger partial charge in [0.2, 0.25) is 17.8 Å². The third-order valence-electron chi connectivity index (χ3n) is 3.60. The summed E-state index contributed by atoms with van der Waals surface area (Å²) in [5.41, 5.74) is 0.629. The minimum atomic E-state index is -0.699. The van der Waals surface area contributed by atoms with E-state index in [0.717, 1.165) is 19.3 Å². The van der Waals surface area contributed by atoms with Crippen molar-refractivity contribution in [1.82, 2.24) is 19.7 Å². The Balaban J connectivity index is 1.81. The Morgan fingerprint density at radius 3 is 2.96 bits per heavy atom. The molecule has 3 heterocycles. The molecule has 0 aliphatic carbocycles. The quantitative estimate of drug-likeness (QED) is 0.871. The molecule has 0 spiro atoms. The molecule has 23 heavy (non-hydrogen) atoms. The van der Waals surface area contributed by atoms with Gasteiger partial charge in [-0.15, -0.1) is 0 Å². The molecule has 0 radical (unpaired) electrons. The molecule has 120 valence electrons. The summed E-state index contributed by atoms with van der Waals surface area (Å²) in [5.74, 6) is 0.453. The van der Waals surface area contributed by atoms with Gasteiger partial charge in [-0.1, -0.05) is 13.3 Å². The molecule has 8 heteroatoms. The number of carbonyl (C=O) groups is 2. The van der Waals surface area contributed by atoms with E-state index < -0.39 is 6.04 Å². The van der Waals surface area contributed by atoms with Gasteiger partial charge in [-0.25, -0.2) is 4.68 Å². The van der Waals surface area contributed by atoms with Gasteiger partial charge in [-0.2, -0.15) is 10.1 Å². The van der Waals surface area contributed by atoms with E-state index in [1.807, 2.05) is 0 Å². The van der Waals surface area contributed by atoms with Crippen LogP contribution in [0, 0.1) is 0 Å². The molecule has 0 fully saturated rings. The Labute approximate surface area is 133 Å². The molecule has 0 bridgehead atoms. The van der Waals surface area contributed by atoms with Gasteiger partial charge in [0.05, 0.1) is 6.42 Å². The zero-order chi connectivity index (χ0) is 16.2. The highest BCUT2D eigenvalue weighted by Crippen LogP contribution is 2.24. The number of nitrogens with one attached hydrogen (secondary N) is 2. The normalized spacial score (nSPS) is 16.6. The summed E-state index contributed by atoms with van der Waals surface area (Å²) in [5, 5.41) is 9.83. The number of fused-ring (bicyclic) bond motifs is 1. The minimum absolute atomic E-state index is 0.0422. The molecule has 0 aromatic carbocycles. The molecule has 2 amide bonds. The second kappa shape index (κ2) is 6.55. The molecule has 0 saturated heterocycles. The Bertz CT molecular complexity index is 712. The van der Waals surface area contributed by atoms with E-state index in [1.165, 1.54) is 4.68 Å². The summed E-state index contributed by atoms with van der Waals surface area (Å²) in [4.78, 5) is 32.5. The van der Waals surface area contributed by atoms with Gasteiger partial charge in [-0.3, -0.25) is 19.9 Å². The van der Waals surface area contributed by atoms with E-state index in [2.05, 4.69) is 32.6 Å². The van der Waals surface area contributed by atoms with Gasteiger partial charge < -0.3 is 5.32 Å². The maximum atomic E-state index is 12.5. The van der Waals surface area contributed by atoms with Crippen LogP contribution in [0.2, 0.25) is 0 Å². The summed E-state index contributed by atoms with van der Waals surface area (Å²) in [6.07, 6.45) is 5.94. The fourth-order valence-electron chi connectivity index (χ4n) is 2.41. The molecular formula is C15H18N6O2. The average molecular weight is 314 g/mol. The van der Waals surface area contributed by atoms with Crippen molar-refractivity contribution < 1.29 is 9.59 Å². The van der Waals surface area contributed by atoms with E-state index >= 15 is 0 Å². The number of amides is 2. The zero-order valence-electron chi connectivity index (χ0n) is 12.8. The summed E-state index contributed by atoms with van der Waals surface area (Å²) in [7, 11) is 0. The van der Waals surface area contributed by atoms with Crippen molar-refractivity contribution in [3.05, 3.63) is 30.4 Å². The van der Waals surface area contributed by atoms with E-state index in [9.17, 15) is 9.59 Å². The van der Waals surface area contributed by atoms with Crippen molar-refractivity contribution in [2.45, 2.75) is 38.6 Å². The number of hydrogen-bond donors (Lipinski definition) is 2. The van der Waals surface area contributed by atoms with Crippen molar-refractivity contribution >= 4 is 23.5 Å². The fraction of sp³-hybridized carbons (Fsp3) is 0.400. The maximum Gasteiger partial charge on any atom is 0.249 e. The molecule has 1 aliphatic rings. The van der Waals surface area contributed by atoms with Crippen molar-refractivity contribution in [3.8, 4) is 0 Å². The van der Waals surface area contributed by atoms with Crippen molar-refractivity contribution in [2.24, 2.45) is 0 Å². The number of aromatic nitrogens is 4. The van der Waals surface area contributed by atoms with Gasteiger partial charge in [-0.05, 0) is 18.6 Å².